The molecule has 0 unspecified atom stereocenters. The van der Waals surface area contributed by atoms with Crippen LogP contribution in [0.3, 0.4) is 0 Å². The standard InChI is InChI=1S/C9H12N2/c1-7(2)9(10)8-4-3-5-11-6-8/h3-7,10H,1-2H3. The van der Waals surface area contributed by atoms with E-state index in [1.807, 2.05) is 26.0 Å². The van der Waals surface area contributed by atoms with Crippen molar-refractivity contribution in [3.63, 3.8) is 0 Å². The zero-order valence-electron chi connectivity index (χ0n) is 6.83. The van der Waals surface area contributed by atoms with Crippen molar-refractivity contribution < 1.29 is 0 Å². The number of hydrogen-bond acceptors (Lipinski definition) is 2. The van der Waals surface area contributed by atoms with Gasteiger partial charge < -0.3 is 5.41 Å². The van der Waals surface area contributed by atoms with Gasteiger partial charge in [0, 0.05) is 23.7 Å². The van der Waals surface area contributed by atoms with E-state index in [1.54, 1.807) is 12.4 Å². The molecule has 1 N–H and O–H groups in total. The molecule has 1 rings (SSSR count). The van der Waals surface area contributed by atoms with Crippen LogP contribution in [0.25, 0.3) is 0 Å². The maximum atomic E-state index is 7.64. The molecule has 2 nitrogen and oxygen atoms in total. The zero-order chi connectivity index (χ0) is 8.27. The van der Waals surface area contributed by atoms with Gasteiger partial charge in [-0.2, -0.15) is 0 Å². The molecule has 0 atom stereocenters. The van der Waals surface area contributed by atoms with Gasteiger partial charge in [-0.15, -0.1) is 0 Å². The summed E-state index contributed by atoms with van der Waals surface area (Å²) in [6.07, 6.45) is 3.44. The van der Waals surface area contributed by atoms with Gasteiger partial charge in [0.1, 0.15) is 0 Å². The number of nitrogens with zero attached hydrogens (tertiary/aromatic N) is 1. The first-order valence-corrected chi connectivity index (χ1v) is 3.70. The lowest BCUT2D eigenvalue weighted by molar-refractivity contribution is 0.876. The summed E-state index contributed by atoms with van der Waals surface area (Å²) in [6, 6.07) is 3.77. The zero-order valence-corrected chi connectivity index (χ0v) is 6.83. The topological polar surface area (TPSA) is 36.7 Å². The summed E-state index contributed by atoms with van der Waals surface area (Å²) in [7, 11) is 0. The van der Waals surface area contributed by atoms with Crippen LogP contribution in [0.2, 0.25) is 0 Å². The van der Waals surface area contributed by atoms with Gasteiger partial charge in [-0.3, -0.25) is 4.98 Å². The molecule has 0 amide bonds. The van der Waals surface area contributed by atoms with E-state index in [0.717, 1.165) is 5.56 Å². The van der Waals surface area contributed by atoms with Crippen LogP contribution in [0, 0.1) is 11.3 Å². The second-order valence-corrected chi connectivity index (χ2v) is 2.81. The molecule has 0 fully saturated rings. The van der Waals surface area contributed by atoms with Crippen molar-refractivity contribution in [2.24, 2.45) is 5.92 Å². The summed E-state index contributed by atoms with van der Waals surface area (Å²) >= 11 is 0. The molecule has 58 valence electrons. The highest BCUT2D eigenvalue weighted by atomic mass is 14.6. The summed E-state index contributed by atoms with van der Waals surface area (Å²) in [5.41, 5.74) is 1.57. The maximum absolute atomic E-state index is 7.64. The van der Waals surface area contributed by atoms with Gasteiger partial charge in [-0.1, -0.05) is 19.9 Å². The lowest BCUT2D eigenvalue weighted by Crippen LogP contribution is -2.07. The molecule has 1 aromatic heterocycles. The molecule has 0 aliphatic carbocycles. The third-order valence-corrected chi connectivity index (χ3v) is 1.55. The van der Waals surface area contributed by atoms with E-state index >= 15 is 0 Å². The SMILES string of the molecule is CC(C)C(=N)c1cccnc1. The van der Waals surface area contributed by atoms with E-state index in [2.05, 4.69) is 4.98 Å². The van der Waals surface area contributed by atoms with Gasteiger partial charge in [0.05, 0.1) is 0 Å². The quantitative estimate of drug-likeness (QED) is 0.641. The minimum Gasteiger partial charge on any atom is -0.304 e. The van der Waals surface area contributed by atoms with Crippen LogP contribution in [-0.2, 0) is 0 Å². The molecule has 1 heterocycles. The van der Waals surface area contributed by atoms with Crippen LogP contribution in [0.5, 0.6) is 0 Å². The van der Waals surface area contributed by atoms with Crippen LogP contribution < -0.4 is 0 Å². The average molecular weight is 148 g/mol. The Morgan fingerprint density at radius 2 is 2.27 bits per heavy atom. The highest BCUT2D eigenvalue weighted by Crippen LogP contribution is 2.05. The predicted molar refractivity (Wildman–Crippen MR) is 45.9 cm³/mol. The summed E-state index contributed by atoms with van der Waals surface area (Å²) in [5.74, 6) is 0.277. The van der Waals surface area contributed by atoms with E-state index in [-0.39, 0.29) is 5.92 Å². The van der Waals surface area contributed by atoms with Gasteiger partial charge >= 0.3 is 0 Å². The lowest BCUT2D eigenvalue weighted by atomic mass is 10.0. The molecule has 0 spiro atoms. The van der Waals surface area contributed by atoms with Gasteiger partial charge in [-0.25, -0.2) is 0 Å². The summed E-state index contributed by atoms with van der Waals surface area (Å²) in [5, 5.41) is 7.64. The van der Waals surface area contributed by atoms with Crippen molar-refractivity contribution in [1.82, 2.24) is 4.98 Å². The number of nitrogens with one attached hydrogen (secondary N) is 1. The molecule has 0 saturated heterocycles. The Morgan fingerprint density at radius 3 is 2.73 bits per heavy atom. The Bertz CT molecular complexity index is 239. The Morgan fingerprint density at radius 1 is 1.55 bits per heavy atom. The van der Waals surface area contributed by atoms with Gasteiger partial charge in [0.2, 0.25) is 0 Å². The van der Waals surface area contributed by atoms with Gasteiger partial charge in [0.25, 0.3) is 0 Å². The summed E-state index contributed by atoms with van der Waals surface area (Å²) in [6.45, 7) is 4.02. The first-order chi connectivity index (χ1) is 5.22. The predicted octanol–water partition coefficient (Wildman–Crippen LogP) is 2.11. The Balaban J connectivity index is 2.86. The molecule has 0 aliphatic heterocycles. The van der Waals surface area contributed by atoms with Crippen LogP contribution in [0.1, 0.15) is 19.4 Å². The van der Waals surface area contributed by atoms with E-state index in [4.69, 9.17) is 5.41 Å². The van der Waals surface area contributed by atoms with Crippen molar-refractivity contribution in [2.45, 2.75) is 13.8 Å². The monoisotopic (exact) mass is 148 g/mol. The minimum atomic E-state index is 0.277. The molecule has 1 aromatic rings. The minimum absolute atomic E-state index is 0.277. The van der Waals surface area contributed by atoms with E-state index in [0.29, 0.717) is 5.71 Å². The first kappa shape index (κ1) is 7.92. The Labute approximate surface area is 66.8 Å². The fourth-order valence-electron chi connectivity index (χ4n) is 0.855. The smallest absolute Gasteiger partial charge is 0.0427 e. The van der Waals surface area contributed by atoms with Crippen LogP contribution in [0.4, 0.5) is 0 Å². The Hall–Kier alpha value is -1.18. The second-order valence-electron chi connectivity index (χ2n) is 2.81. The van der Waals surface area contributed by atoms with Crippen molar-refractivity contribution in [2.75, 3.05) is 0 Å². The molecule has 0 aromatic carbocycles. The summed E-state index contributed by atoms with van der Waals surface area (Å²) in [4.78, 5) is 3.95. The second kappa shape index (κ2) is 3.28. The van der Waals surface area contributed by atoms with Crippen molar-refractivity contribution in [3.8, 4) is 0 Å². The number of hydrogen-bond donors (Lipinski definition) is 1. The Kier molecular flexibility index (Phi) is 2.36. The van der Waals surface area contributed by atoms with Crippen molar-refractivity contribution >= 4 is 5.71 Å². The van der Waals surface area contributed by atoms with Crippen molar-refractivity contribution in [3.05, 3.63) is 30.1 Å². The van der Waals surface area contributed by atoms with Crippen LogP contribution >= 0.6 is 0 Å². The largest absolute Gasteiger partial charge is 0.304 e. The van der Waals surface area contributed by atoms with Crippen molar-refractivity contribution in [1.29, 1.82) is 5.41 Å². The molecular formula is C9H12N2. The van der Waals surface area contributed by atoms with E-state index in [9.17, 15) is 0 Å². The summed E-state index contributed by atoms with van der Waals surface area (Å²) < 4.78 is 0. The first-order valence-electron chi connectivity index (χ1n) is 3.70. The third kappa shape index (κ3) is 1.87. The molecule has 11 heavy (non-hydrogen) atoms. The molecular weight excluding hydrogens is 136 g/mol. The molecule has 0 radical (unpaired) electrons. The third-order valence-electron chi connectivity index (χ3n) is 1.55. The highest BCUT2D eigenvalue weighted by Gasteiger charge is 2.04. The fraction of sp³-hybridized carbons (Fsp3) is 0.333. The van der Waals surface area contributed by atoms with Gasteiger partial charge in [-0.05, 0) is 12.0 Å². The van der Waals surface area contributed by atoms with E-state index < -0.39 is 0 Å². The molecule has 0 bridgehead atoms. The molecule has 0 saturated carbocycles. The van der Waals surface area contributed by atoms with E-state index in [1.165, 1.54) is 0 Å². The fourth-order valence-corrected chi connectivity index (χ4v) is 0.855. The van der Waals surface area contributed by atoms with Crippen LogP contribution in [-0.4, -0.2) is 10.7 Å². The maximum Gasteiger partial charge on any atom is 0.0427 e. The molecule has 0 aliphatic rings. The number of aromatic nitrogens is 1. The average Bonchev–Trinajstić information content (AvgIpc) is 2.05. The normalized spacial score (nSPS) is 10.1. The van der Waals surface area contributed by atoms with Crippen LogP contribution in [0.15, 0.2) is 24.5 Å². The number of pyridine rings is 1. The lowest BCUT2D eigenvalue weighted by Gasteiger charge is -2.05. The molecule has 2 heteroatoms. The highest BCUT2D eigenvalue weighted by molar-refractivity contribution is 5.99. The number of rotatable bonds is 2. The van der Waals surface area contributed by atoms with Gasteiger partial charge in [0.15, 0.2) is 0 Å².